The van der Waals surface area contributed by atoms with Gasteiger partial charge in [-0.2, -0.15) is 13.2 Å². The molecule has 8 nitrogen and oxygen atoms in total. The number of alkyl halides is 3. The lowest BCUT2D eigenvalue weighted by molar-refractivity contribution is -0.137. The molecule has 0 unspecified atom stereocenters. The summed E-state index contributed by atoms with van der Waals surface area (Å²) >= 11 is 1.31. The van der Waals surface area contributed by atoms with Crippen molar-refractivity contribution in [3.63, 3.8) is 0 Å². The zero-order valence-electron chi connectivity index (χ0n) is 22.3. The lowest BCUT2D eigenvalue weighted by atomic mass is 10.00. The number of methoxy groups -OCH3 is 2. The molecule has 0 bridgehead atoms. The van der Waals surface area contributed by atoms with E-state index in [2.05, 4.69) is 10.1 Å². The SMILES string of the molecule is COc1cc(OCc2cccc(CC(=O)c3cccc(C(F)(F)F)c3)c2)c2cc(-c3cn4nc(OC)sc4n3)oc2c1. The minimum absolute atomic E-state index is 0.00786. The summed E-state index contributed by atoms with van der Waals surface area (Å²) in [6.07, 6.45) is -2.82. The Morgan fingerprint density at radius 1 is 1.00 bits per heavy atom. The number of aromatic nitrogens is 3. The highest BCUT2D eigenvalue weighted by atomic mass is 32.1. The molecule has 0 saturated heterocycles. The van der Waals surface area contributed by atoms with Gasteiger partial charge in [0.15, 0.2) is 11.5 Å². The second kappa shape index (κ2) is 10.9. The molecule has 3 heterocycles. The number of hydrogen-bond acceptors (Lipinski definition) is 8. The summed E-state index contributed by atoms with van der Waals surface area (Å²) in [5.74, 6) is 1.17. The van der Waals surface area contributed by atoms with Crippen LogP contribution in [0.2, 0.25) is 0 Å². The van der Waals surface area contributed by atoms with Crippen LogP contribution in [0.4, 0.5) is 13.2 Å². The molecule has 0 spiro atoms. The van der Waals surface area contributed by atoms with Gasteiger partial charge < -0.3 is 18.6 Å². The van der Waals surface area contributed by atoms with Crippen molar-refractivity contribution in [2.75, 3.05) is 14.2 Å². The Balaban J connectivity index is 1.21. The summed E-state index contributed by atoms with van der Waals surface area (Å²) in [7, 11) is 3.09. The van der Waals surface area contributed by atoms with E-state index in [0.717, 1.165) is 17.7 Å². The van der Waals surface area contributed by atoms with Gasteiger partial charge in [0.1, 0.15) is 29.4 Å². The molecular weight excluding hydrogens is 571 g/mol. The number of carbonyl (C=O) groups is 1. The Hall–Kier alpha value is -4.84. The normalized spacial score (nSPS) is 11.7. The molecule has 0 amide bonds. The van der Waals surface area contributed by atoms with E-state index in [-0.39, 0.29) is 18.6 Å². The predicted octanol–water partition coefficient (Wildman–Crippen LogP) is 7.24. The lowest BCUT2D eigenvalue weighted by Crippen LogP contribution is -2.09. The van der Waals surface area contributed by atoms with Crippen LogP contribution < -0.4 is 14.2 Å². The first-order valence-electron chi connectivity index (χ1n) is 12.6. The van der Waals surface area contributed by atoms with E-state index in [4.69, 9.17) is 18.6 Å². The maximum atomic E-state index is 13.1. The van der Waals surface area contributed by atoms with Gasteiger partial charge in [0, 0.05) is 24.1 Å². The molecule has 6 rings (SSSR count). The van der Waals surface area contributed by atoms with Crippen LogP contribution in [-0.2, 0) is 19.2 Å². The molecule has 0 N–H and O–H groups in total. The molecule has 0 aliphatic heterocycles. The van der Waals surface area contributed by atoms with Gasteiger partial charge in [0.25, 0.3) is 5.19 Å². The number of imidazole rings is 1. The van der Waals surface area contributed by atoms with Crippen LogP contribution in [0.25, 0.3) is 27.4 Å². The van der Waals surface area contributed by atoms with Crippen LogP contribution >= 0.6 is 11.3 Å². The van der Waals surface area contributed by atoms with E-state index < -0.39 is 17.5 Å². The topological polar surface area (TPSA) is 88.1 Å². The van der Waals surface area contributed by atoms with E-state index in [1.54, 1.807) is 55.3 Å². The maximum absolute atomic E-state index is 13.1. The van der Waals surface area contributed by atoms with Gasteiger partial charge in [0.05, 0.1) is 31.4 Å². The van der Waals surface area contributed by atoms with Gasteiger partial charge in [-0.05, 0) is 40.7 Å². The maximum Gasteiger partial charge on any atom is 0.416 e. The highest BCUT2D eigenvalue weighted by molar-refractivity contribution is 7.18. The zero-order valence-corrected chi connectivity index (χ0v) is 23.1. The monoisotopic (exact) mass is 593 g/mol. The van der Waals surface area contributed by atoms with Crippen LogP contribution in [-0.4, -0.2) is 34.6 Å². The smallest absolute Gasteiger partial charge is 0.416 e. The molecule has 0 aliphatic rings. The number of Topliss-reactive ketones (excluding diaryl/α,β-unsaturated/α-hetero) is 1. The Labute approximate surface area is 240 Å². The van der Waals surface area contributed by atoms with Crippen LogP contribution in [0, 0.1) is 0 Å². The molecule has 214 valence electrons. The Morgan fingerprint density at radius 2 is 1.81 bits per heavy atom. The number of benzene rings is 3. The third kappa shape index (κ3) is 5.53. The van der Waals surface area contributed by atoms with Crippen molar-refractivity contribution in [1.82, 2.24) is 14.6 Å². The van der Waals surface area contributed by atoms with E-state index in [1.165, 1.54) is 23.5 Å². The summed E-state index contributed by atoms with van der Waals surface area (Å²) < 4.78 is 63.7. The number of hydrogen-bond donors (Lipinski definition) is 0. The first-order valence-corrected chi connectivity index (χ1v) is 13.4. The second-order valence-corrected chi connectivity index (χ2v) is 10.3. The highest BCUT2D eigenvalue weighted by Crippen LogP contribution is 2.38. The number of rotatable bonds is 9. The van der Waals surface area contributed by atoms with Crippen molar-refractivity contribution in [2.24, 2.45) is 0 Å². The van der Waals surface area contributed by atoms with Crippen molar-refractivity contribution < 1.29 is 36.6 Å². The summed E-state index contributed by atoms with van der Waals surface area (Å²) in [6, 6.07) is 16.9. The number of nitrogens with zero attached hydrogens (tertiary/aromatic N) is 3. The van der Waals surface area contributed by atoms with E-state index >= 15 is 0 Å². The molecule has 0 atom stereocenters. The van der Waals surface area contributed by atoms with Crippen molar-refractivity contribution in [1.29, 1.82) is 0 Å². The fourth-order valence-electron chi connectivity index (χ4n) is 4.48. The average Bonchev–Trinajstić information content (AvgIpc) is 3.69. The van der Waals surface area contributed by atoms with Crippen LogP contribution in [0.3, 0.4) is 0 Å². The predicted molar refractivity (Wildman–Crippen MR) is 149 cm³/mol. The third-order valence-electron chi connectivity index (χ3n) is 6.52. The number of ether oxygens (including phenoxy) is 3. The molecular formula is C30H22F3N3O5S. The van der Waals surface area contributed by atoms with Crippen LogP contribution in [0.1, 0.15) is 27.0 Å². The minimum Gasteiger partial charge on any atom is -0.496 e. The Bertz CT molecular complexity index is 1890. The highest BCUT2D eigenvalue weighted by Gasteiger charge is 2.30. The van der Waals surface area contributed by atoms with E-state index in [9.17, 15) is 18.0 Å². The van der Waals surface area contributed by atoms with Crippen molar-refractivity contribution in [3.8, 4) is 28.1 Å². The molecule has 0 aliphatic carbocycles. The number of fused-ring (bicyclic) bond motifs is 2. The summed E-state index contributed by atoms with van der Waals surface area (Å²) in [5.41, 5.74) is 1.72. The average molecular weight is 594 g/mol. The molecule has 12 heteroatoms. The fourth-order valence-corrected chi connectivity index (χ4v) is 5.18. The molecule has 0 saturated carbocycles. The molecule has 6 aromatic rings. The van der Waals surface area contributed by atoms with E-state index in [1.807, 2.05) is 12.1 Å². The van der Waals surface area contributed by atoms with Gasteiger partial charge >= 0.3 is 6.18 Å². The molecule has 0 fully saturated rings. The number of carbonyl (C=O) groups excluding carboxylic acids is 1. The fraction of sp³-hybridized carbons (Fsp3) is 0.167. The van der Waals surface area contributed by atoms with Gasteiger partial charge in [-0.3, -0.25) is 4.79 Å². The first kappa shape index (κ1) is 27.3. The minimum atomic E-state index is -4.52. The summed E-state index contributed by atoms with van der Waals surface area (Å²) in [6.45, 7) is 0.165. The first-order chi connectivity index (χ1) is 20.2. The van der Waals surface area contributed by atoms with E-state index in [0.29, 0.717) is 49.6 Å². The van der Waals surface area contributed by atoms with Gasteiger partial charge in [0.2, 0.25) is 4.96 Å². The van der Waals surface area contributed by atoms with Gasteiger partial charge in [-0.25, -0.2) is 9.50 Å². The van der Waals surface area contributed by atoms with Crippen molar-refractivity contribution >= 4 is 33.1 Å². The van der Waals surface area contributed by atoms with Crippen molar-refractivity contribution in [3.05, 3.63) is 95.2 Å². The Morgan fingerprint density at radius 3 is 2.57 bits per heavy atom. The zero-order chi connectivity index (χ0) is 29.4. The third-order valence-corrected chi connectivity index (χ3v) is 7.41. The molecule has 3 aromatic carbocycles. The largest absolute Gasteiger partial charge is 0.496 e. The number of ketones is 1. The number of halogens is 3. The molecule has 42 heavy (non-hydrogen) atoms. The quantitative estimate of drug-likeness (QED) is 0.163. The van der Waals surface area contributed by atoms with Crippen LogP contribution in [0.15, 0.2) is 77.3 Å². The van der Waals surface area contributed by atoms with Gasteiger partial charge in [-0.1, -0.05) is 36.4 Å². The molecule has 0 radical (unpaired) electrons. The molecule has 3 aromatic heterocycles. The summed E-state index contributed by atoms with van der Waals surface area (Å²) in [5, 5.41) is 5.50. The standard InChI is InChI=1S/C30H22F3N3O5S/c1-38-21-12-25(22-14-27(41-26(22)13-21)23-15-36-28(34-23)42-29(35-36)39-2)40-16-18-6-3-5-17(9-18)10-24(37)19-7-4-8-20(11-19)30(31,32)33/h3-9,11-15H,10,16H2,1-2H3. The Kier molecular flexibility index (Phi) is 7.07. The van der Waals surface area contributed by atoms with Crippen LogP contribution in [0.5, 0.6) is 16.7 Å². The lowest BCUT2D eigenvalue weighted by Gasteiger charge is -2.11. The van der Waals surface area contributed by atoms with Crippen molar-refractivity contribution in [2.45, 2.75) is 19.2 Å². The second-order valence-electron chi connectivity index (χ2n) is 9.36. The van der Waals surface area contributed by atoms with Gasteiger partial charge in [-0.15, -0.1) is 5.10 Å². The number of furan rings is 1. The summed E-state index contributed by atoms with van der Waals surface area (Å²) in [4.78, 5) is 18.0.